The summed E-state index contributed by atoms with van der Waals surface area (Å²) in [7, 11) is -3.42. The van der Waals surface area contributed by atoms with E-state index in [-0.39, 0.29) is 12.6 Å². The number of nitrogens with two attached hydrogens (primary N) is 1. The van der Waals surface area contributed by atoms with Crippen molar-refractivity contribution in [3.05, 3.63) is 15.8 Å². The summed E-state index contributed by atoms with van der Waals surface area (Å²) < 4.78 is 26.9. The second-order valence-electron chi connectivity index (χ2n) is 3.81. The van der Waals surface area contributed by atoms with Gasteiger partial charge in [-0.2, -0.15) is 0 Å². The first-order valence-electron chi connectivity index (χ1n) is 5.21. The minimum Gasteiger partial charge on any atom is -0.326 e. The maximum atomic E-state index is 12.1. The molecule has 1 aromatic rings. The molecule has 0 saturated carbocycles. The number of rotatable bonds is 5. The Bertz CT molecular complexity index is 451. The molecule has 16 heavy (non-hydrogen) atoms. The standard InChI is InChI=1S/C10H18N2O2S2/c1-4-8(3)12-16(13,14)10-7(2)6-15-9(10)5-11/h6,8,12H,4-5,11H2,1-3H3. The van der Waals surface area contributed by atoms with Gasteiger partial charge in [0.05, 0.1) is 0 Å². The fourth-order valence-corrected chi connectivity index (χ4v) is 4.43. The number of hydrogen-bond acceptors (Lipinski definition) is 4. The van der Waals surface area contributed by atoms with Crippen molar-refractivity contribution in [1.29, 1.82) is 0 Å². The van der Waals surface area contributed by atoms with Crippen LogP contribution in [0.3, 0.4) is 0 Å². The molecule has 0 bridgehead atoms. The van der Waals surface area contributed by atoms with E-state index in [1.807, 2.05) is 19.2 Å². The summed E-state index contributed by atoms with van der Waals surface area (Å²) >= 11 is 1.39. The van der Waals surface area contributed by atoms with Gasteiger partial charge >= 0.3 is 0 Å². The van der Waals surface area contributed by atoms with Crippen LogP contribution in [0.5, 0.6) is 0 Å². The van der Waals surface area contributed by atoms with Gasteiger partial charge in [0.2, 0.25) is 10.0 Å². The van der Waals surface area contributed by atoms with Crippen LogP contribution < -0.4 is 10.5 Å². The molecule has 6 heteroatoms. The lowest BCUT2D eigenvalue weighted by molar-refractivity contribution is 0.555. The molecule has 0 aliphatic heterocycles. The Kier molecular flexibility index (Phi) is 4.49. The quantitative estimate of drug-likeness (QED) is 0.846. The van der Waals surface area contributed by atoms with Gasteiger partial charge in [-0.25, -0.2) is 13.1 Å². The molecule has 3 N–H and O–H groups in total. The van der Waals surface area contributed by atoms with Gasteiger partial charge < -0.3 is 5.73 Å². The van der Waals surface area contributed by atoms with Crippen molar-refractivity contribution in [3.8, 4) is 0 Å². The summed E-state index contributed by atoms with van der Waals surface area (Å²) in [6.45, 7) is 5.84. The molecular formula is C10H18N2O2S2. The van der Waals surface area contributed by atoms with Crippen molar-refractivity contribution in [2.75, 3.05) is 0 Å². The minimum absolute atomic E-state index is 0.0603. The van der Waals surface area contributed by atoms with Gasteiger partial charge in [0, 0.05) is 17.5 Å². The molecule has 4 nitrogen and oxygen atoms in total. The highest BCUT2D eigenvalue weighted by Crippen LogP contribution is 2.26. The second kappa shape index (κ2) is 5.27. The molecule has 1 aromatic heterocycles. The molecule has 0 fully saturated rings. The SMILES string of the molecule is CCC(C)NS(=O)(=O)c1c(C)csc1CN. The van der Waals surface area contributed by atoms with Crippen LogP contribution in [0.15, 0.2) is 10.3 Å². The van der Waals surface area contributed by atoms with E-state index < -0.39 is 10.0 Å². The van der Waals surface area contributed by atoms with Crippen molar-refractivity contribution in [2.24, 2.45) is 5.73 Å². The van der Waals surface area contributed by atoms with Gasteiger partial charge in [0.1, 0.15) is 4.90 Å². The molecule has 0 amide bonds. The van der Waals surface area contributed by atoms with Crippen LogP contribution in [-0.4, -0.2) is 14.5 Å². The van der Waals surface area contributed by atoms with E-state index in [1.165, 1.54) is 11.3 Å². The predicted molar refractivity (Wildman–Crippen MR) is 67.0 cm³/mol. The lowest BCUT2D eigenvalue weighted by Gasteiger charge is -2.13. The molecule has 0 spiro atoms. The molecule has 0 aliphatic rings. The monoisotopic (exact) mass is 262 g/mol. The Hall–Kier alpha value is -0.430. The maximum Gasteiger partial charge on any atom is 0.242 e. The Balaban J connectivity index is 3.11. The normalized spacial score (nSPS) is 14.0. The van der Waals surface area contributed by atoms with Gasteiger partial charge in [-0.1, -0.05) is 6.92 Å². The van der Waals surface area contributed by atoms with Crippen LogP contribution in [0.4, 0.5) is 0 Å². The Labute approximate surface area is 101 Å². The highest BCUT2D eigenvalue weighted by atomic mass is 32.2. The van der Waals surface area contributed by atoms with Crippen LogP contribution in [0.1, 0.15) is 30.7 Å². The molecule has 1 heterocycles. The third kappa shape index (κ3) is 2.82. The van der Waals surface area contributed by atoms with Gasteiger partial charge in [0.15, 0.2) is 0 Å². The van der Waals surface area contributed by atoms with E-state index >= 15 is 0 Å². The van der Waals surface area contributed by atoms with E-state index in [0.717, 1.165) is 12.0 Å². The first-order valence-corrected chi connectivity index (χ1v) is 7.58. The lowest BCUT2D eigenvalue weighted by atomic mass is 10.3. The summed E-state index contributed by atoms with van der Waals surface area (Å²) in [5.41, 5.74) is 6.31. The van der Waals surface area contributed by atoms with Gasteiger partial charge in [-0.3, -0.25) is 0 Å². The van der Waals surface area contributed by atoms with Crippen LogP contribution in [-0.2, 0) is 16.6 Å². The van der Waals surface area contributed by atoms with Crippen molar-refractivity contribution >= 4 is 21.4 Å². The molecular weight excluding hydrogens is 244 g/mol. The number of thiophene rings is 1. The molecule has 1 unspecified atom stereocenters. The zero-order chi connectivity index (χ0) is 12.3. The zero-order valence-corrected chi connectivity index (χ0v) is 11.4. The highest BCUT2D eigenvalue weighted by molar-refractivity contribution is 7.89. The summed E-state index contributed by atoms with van der Waals surface area (Å²) in [4.78, 5) is 1.08. The third-order valence-corrected chi connectivity index (χ3v) is 5.49. The van der Waals surface area contributed by atoms with Crippen LogP contribution in [0.2, 0.25) is 0 Å². The number of hydrogen-bond donors (Lipinski definition) is 2. The summed E-state index contributed by atoms with van der Waals surface area (Å²) in [6, 6.07) is -0.0603. The maximum absolute atomic E-state index is 12.1. The molecule has 0 aromatic carbocycles. The van der Waals surface area contributed by atoms with Gasteiger partial charge in [0.25, 0.3) is 0 Å². The van der Waals surface area contributed by atoms with Crippen molar-refractivity contribution in [2.45, 2.75) is 44.7 Å². The number of sulfonamides is 1. The van der Waals surface area contributed by atoms with Crippen molar-refractivity contribution in [3.63, 3.8) is 0 Å². The van der Waals surface area contributed by atoms with Crippen LogP contribution in [0, 0.1) is 6.92 Å². The largest absolute Gasteiger partial charge is 0.326 e. The number of aryl methyl sites for hydroxylation is 1. The van der Waals surface area contributed by atoms with Crippen LogP contribution >= 0.6 is 11.3 Å². The average molecular weight is 262 g/mol. The minimum atomic E-state index is -3.42. The average Bonchev–Trinajstić information content (AvgIpc) is 2.59. The fourth-order valence-electron chi connectivity index (χ4n) is 1.40. The first-order chi connectivity index (χ1) is 7.42. The van der Waals surface area contributed by atoms with E-state index in [9.17, 15) is 8.42 Å². The van der Waals surface area contributed by atoms with Crippen LogP contribution in [0.25, 0.3) is 0 Å². The number of nitrogens with one attached hydrogen (secondary N) is 1. The lowest BCUT2D eigenvalue weighted by Crippen LogP contribution is -2.32. The van der Waals surface area contributed by atoms with E-state index in [2.05, 4.69) is 4.72 Å². The zero-order valence-electron chi connectivity index (χ0n) is 9.78. The summed E-state index contributed by atoms with van der Waals surface area (Å²) in [5.74, 6) is 0. The van der Waals surface area contributed by atoms with Crippen molar-refractivity contribution < 1.29 is 8.42 Å². The Morgan fingerprint density at radius 2 is 2.19 bits per heavy atom. The second-order valence-corrected chi connectivity index (χ2v) is 6.42. The predicted octanol–water partition coefficient (Wildman–Crippen LogP) is 1.59. The van der Waals surface area contributed by atoms with Gasteiger partial charge in [-0.15, -0.1) is 11.3 Å². The molecule has 0 radical (unpaired) electrons. The smallest absolute Gasteiger partial charge is 0.242 e. The fraction of sp³-hybridized carbons (Fsp3) is 0.600. The van der Waals surface area contributed by atoms with E-state index in [0.29, 0.717) is 9.77 Å². The highest BCUT2D eigenvalue weighted by Gasteiger charge is 2.23. The summed E-state index contributed by atoms with van der Waals surface area (Å²) in [6.07, 6.45) is 0.764. The van der Waals surface area contributed by atoms with E-state index in [1.54, 1.807) is 6.92 Å². The molecule has 1 atom stereocenters. The van der Waals surface area contributed by atoms with E-state index in [4.69, 9.17) is 5.73 Å². The Morgan fingerprint density at radius 1 is 1.56 bits per heavy atom. The molecule has 1 rings (SSSR count). The third-order valence-electron chi connectivity index (χ3n) is 2.41. The summed E-state index contributed by atoms with van der Waals surface area (Å²) in [5, 5.41) is 1.83. The molecule has 0 saturated heterocycles. The van der Waals surface area contributed by atoms with Crippen molar-refractivity contribution in [1.82, 2.24) is 4.72 Å². The molecule has 92 valence electrons. The molecule has 0 aliphatic carbocycles. The first kappa shape index (κ1) is 13.6. The van der Waals surface area contributed by atoms with Gasteiger partial charge in [-0.05, 0) is 31.2 Å². The Morgan fingerprint density at radius 3 is 2.69 bits per heavy atom. The topological polar surface area (TPSA) is 72.2 Å².